The molecule has 0 amide bonds. The van der Waals surface area contributed by atoms with Crippen molar-refractivity contribution in [3.63, 3.8) is 0 Å². The van der Waals surface area contributed by atoms with E-state index in [1.807, 2.05) is 0 Å². The average molecular weight is 213 g/mol. The fourth-order valence-electron chi connectivity index (χ4n) is 2.20. The van der Waals surface area contributed by atoms with Crippen molar-refractivity contribution in [3.8, 4) is 0 Å². The van der Waals surface area contributed by atoms with Crippen LogP contribution in [-0.4, -0.2) is 43.7 Å². The van der Waals surface area contributed by atoms with Gasteiger partial charge in [0, 0.05) is 18.6 Å². The molecule has 1 unspecified atom stereocenters. The van der Waals surface area contributed by atoms with Crippen LogP contribution in [0.2, 0.25) is 0 Å². The number of rotatable bonds is 5. The average Bonchev–Trinajstić information content (AvgIpc) is 2.18. The largest absolute Gasteiger partial charge is 0.329 e. The minimum Gasteiger partial charge on any atom is -0.329 e. The normalized spacial score (nSPS) is 24.4. The van der Waals surface area contributed by atoms with Gasteiger partial charge in [0.05, 0.1) is 0 Å². The van der Waals surface area contributed by atoms with Gasteiger partial charge in [-0.1, -0.05) is 0 Å². The second kappa shape index (κ2) is 5.83. The zero-order valence-corrected chi connectivity index (χ0v) is 10.6. The van der Waals surface area contributed by atoms with Gasteiger partial charge in [-0.05, 0) is 59.2 Å². The number of nitrogens with zero attached hydrogens (tertiary/aromatic N) is 1. The Hall–Kier alpha value is -0.120. The Bertz CT molecular complexity index is 180. The third-order valence-corrected chi connectivity index (χ3v) is 3.39. The summed E-state index contributed by atoms with van der Waals surface area (Å²) in [5.74, 6) is 0.879. The van der Waals surface area contributed by atoms with E-state index in [1.54, 1.807) is 0 Å². The molecule has 0 aliphatic carbocycles. The summed E-state index contributed by atoms with van der Waals surface area (Å²) in [5, 5.41) is 3.53. The fourth-order valence-corrected chi connectivity index (χ4v) is 2.20. The molecule has 1 heterocycles. The Morgan fingerprint density at radius 3 is 2.80 bits per heavy atom. The molecule has 3 N–H and O–H groups in total. The van der Waals surface area contributed by atoms with Crippen molar-refractivity contribution in [2.24, 2.45) is 11.7 Å². The maximum Gasteiger partial charge on any atom is 0.0247 e. The van der Waals surface area contributed by atoms with E-state index in [9.17, 15) is 0 Å². The minimum atomic E-state index is 0.0978. The molecule has 1 aliphatic rings. The Labute approximate surface area is 94.4 Å². The van der Waals surface area contributed by atoms with Gasteiger partial charge in [-0.25, -0.2) is 0 Å². The van der Waals surface area contributed by atoms with Crippen LogP contribution < -0.4 is 11.1 Å². The first-order valence-corrected chi connectivity index (χ1v) is 6.17. The topological polar surface area (TPSA) is 41.3 Å². The first-order chi connectivity index (χ1) is 7.03. The highest BCUT2D eigenvalue weighted by Gasteiger charge is 2.18. The molecule has 1 rings (SSSR count). The molecular weight excluding hydrogens is 186 g/mol. The summed E-state index contributed by atoms with van der Waals surface area (Å²) < 4.78 is 0. The summed E-state index contributed by atoms with van der Waals surface area (Å²) in [7, 11) is 2.23. The monoisotopic (exact) mass is 213 g/mol. The number of likely N-dealkylation sites (tertiary alicyclic amines) is 1. The summed E-state index contributed by atoms with van der Waals surface area (Å²) >= 11 is 0. The van der Waals surface area contributed by atoms with Gasteiger partial charge in [-0.3, -0.25) is 0 Å². The lowest BCUT2D eigenvalue weighted by molar-refractivity contribution is 0.198. The summed E-state index contributed by atoms with van der Waals surface area (Å²) in [5.41, 5.74) is 5.77. The molecular formula is C12H27N3. The lowest BCUT2D eigenvalue weighted by Gasteiger charge is -2.31. The number of piperidine rings is 1. The van der Waals surface area contributed by atoms with E-state index in [0.29, 0.717) is 6.54 Å². The maximum absolute atomic E-state index is 5.68. The van der Waals surface area contributed by atoms with Crippen molar-refractivity contribution in [3.05, 3.63) is 0 Å². The Morgan fingerprint density at radius 1 is 1.47 bits per heavy atom. The molecule has 0 bridgehead atoms. The fraction of sp³-hybridized carbons (Fsp3) is 1.00. The lowest BCUT2D eigenvalue weighted by atomic mass is 9.94. The predicted molar refractivity (Wildman–Crippen MR) is 66.0 cm³/mol. The van der Waals surface area contributed by atoms with Crippen LogP contribution >= 0.6 is 0 Å². The van der Waals surface area contributed by atoms with Gasteiger partial charge in [0.25, 0.3) is 0 Å². The smallest absolute Gasteiger partial charge is 0.0247 e. The van der Waals surface area contributed by atoms with Gasteiger partial charge < -0.3 is 16.0 Å². The summed E-state index contributed by atoms with van der Waals surface area (Å²) in [6, 6.07) is 0. The van der Waals surface area contributed by atoms with Gasteiger partial charge >= 0.3 is 0 Å². The second-order valence-electron chi connectivity index (χ2n) is 5.57. The molecule has 90 valence electrons. The number of hydrogen-bond donors (Lipinski definition) is 2. The van der Waals surface area contributed by atoms with Gasteiger partial charge in [0.2, 0.25) is 0 Å². The zero-order valence-electron chi connectivity index (χ0n) is 10.6. The van der Waals surface area contributed by atoms with Crippen LogP contribution in [0.3, 0.4) is 0 Å². The van der Waals surface area contributed by atoms with Crippen LogP contribution in [0.5, 0.6) is 0 Å². The Balaban J connectivity index is 2.14. The second-order valence-corrected chi connectivity index (χ2v) is 5.57. The third kappa shape index (κ3) is 4.96. The van der Waals surface area contributed by atoms with Crippen molar-refractivity contribution < 1.29 is 0 Å². The van der Waals surface area contributed by atoms with E-state index in [2.05, 4.69) is 31.1 Å². The first-order valence-electron chi connectivity index (χ1n) is 6.17. The predicted octanol–water partition coefficient (Wildman–Crippen LogP) is 1.05. The molecule has 1 atom stereocenters. The molecule has 1 saturated heterocycles. The van der Waals surface area contributed by atoms with Crippen LogP contribution in [0.25, 0.3) is 0 Å². The third-order valence-electron chi connectivity index (χ3n) is 3.39. The van der Waals surface area contributed by atoms with Crippen molar-refractivity contribution in [1.82, 2.24) is 10.2 Å². The van der Waals surface area contributed by atoms with Crippen molar-refractivity contribution in [2.75, 3.05) is 33.2 Å². The SMILES string of the molecule is CN1CCCC(CCNC(C)(C)CN)C1. The minimum absolute atomic E-state index is 0.0978. The van der Waals surface area contributed by atoms with Gasteiger partial charge in [0.1, 0.15) is 0 Å². The molecule has 1 aliphatic heterocycles. The van der Waals surface area contributed by atoms with E-state index in [-0.39, 0.29) is 5.54 Å². The van der Waals surface area contributed by atoms with Crippen LogP contribution in [0.15, 0.2) is 0 Å². The molecule has 1 fully saturated rings. The van der Waals surface area contributed by atoms with E-state index in [0.717, 1.165) is 12.5 Å². The van der Waals surface area contributed by atoms with E-state index >= 15 is 0 Å². The first kappa shape index (κ1) is 12.9. The maximum atomic E-state index is 5.68. The van der Waals surface area contributed by atoms with Crippen molar-refractivity contribution in [2.45, 2.75) is 38.6 Å². The highest BCUT2D eigenvalue weighted by Crippen LogP contribution is 2.17. The summed E-state index contributed by atoms with van der Waals surface area (Å²) in [6.45, 7) is 8.68. The molecule has 0 aromatic carbocycles. The van der Waals surface area contributed by atoms with Gasteiger partial charge in [0.15, 0.2) is 0 Å². The summed E-state index contributed by atoms with van der Waals surface area (Å²) in [4.78, 5) is 2.45. The molecule has 0 aromatic rings. The highest BCUT2D eigenvalue weighted by molar-refractivity contribution is 4.79. The Morgan fingerprint density at radius 2 is 2.20 bits per heavy atom. The number of nitrogens with one attached hydrogen (secondary N) is 1. The molecule has 3 nitrogen and oxygen atoms in total. The molecule has 0 radical (unpaired) electrons. The van der Waals surface area contributed by atoms with Crippen molar-refractivity contribution in [1.29, 1.82) is 0 Å². The lowest BCUT2D eigenvalue weighted by Crippen LogP contribution is -2.46. The summed E-state index contributed by atoms with van der Waals surface area (Å²) in [6.07, 6.45) is 4.05. The molecule has 0 spiro atoms. The van der Waals surface area contributed by atoms with Crippen molar-refractivity contribution >= 4 is 0 Å². The molecule has 3 heteroatoms. The quantitative estimate of drug-likeness (QED) is 0.717. The number of hydrogen-bond acceptors (Lipinski definition) is 3. The zero-order chi connectivity index (χ0) is 11.3. The molecule has 0 saturated carbocycles. The molecule has 0 aromatic heterocycles. The highest BCUT2D eigenvalue weighted by atomic mass is 15.1. The number of nitrogens with two attached hydrogens (primary N) is 1. The Kier molecular flexibility index (Phi) is 5.03. The van der Waals surface area contributed by atoms with Crippen LogP contribution in [-0.2, 0) is 0 Å². The van der Waals surface area contributed by atoms with Gasteiger partial charge in [-0.2, -0.15) is 0 Å². The van der Waals surface area contributed by atoms with E-state index < -0.39 is 0 Å². The molecule has 15 heavy (non-hydrogen) atoms. The van der Waals surface area contributed by atoms with E-state index in [4.69, 9.17) is 5.73 Å². The van der Waals surface area contributed by atoms with Crippen LogP contribution in [0.4, 0.5) is 0 Å². The van der Waals surface area contributed by atoms with E-state index in [1.165, 1.54) is 32.4 Å². The van der Waals surface area contributed by atoms with Crippen LogP contribution in [0.1, 0.15) is 33.1 Å². The van der Waals surface area contributed by atoms with Crippen LogP contribution in [0, 0.1) is 5.92 Å². The standard InChI is InChI=1S/C12H27N3/c1-12(2,10-13)14-7-6-11-5-4-8-15(3)9-11/h11,14H,4-10,13H2,1-3H3. The van der Waals surface area contributed by atoms with Gasteiger partial charge in [-0.15, -0.1) is 0 Å².